The fourth-order valence-corrected chi connectivity index (χ4v) is 0.624. The molecule has 3 nitrogen and oxygen atoms in total. The maximum Gasteiger partial charge on any atom is 0.235 e. The van der Waals surface area contributed by atoms with Crippen LogP contribution in [0, 0.1) is 5.95 Å². The SMILES string of the molecule is O=C=NCc1ccc(F)nc1. The second kappa shape index (κ2) is 3.58. The lowest BCUT2D eigenvalue weighted by Crippen LogP contribution is -1.85. The molecule has 0 N–H and O–H groups in total. The lowest BCUT2D eigenvalue weighted by atomic mass is 10.3. The van der Waals surface area contributed by atoms with Crippen LogP contribution in [0.5, 0.6) is 0 Å². The summed E-state index contributed by atoms with van der Waals surface area (Å²) in [4.78, 5) is 16.3. The normalized spacial score (nSPS) is 8.82. The molecule has 11 heavy (non-hydrogen) atoms. The highest BCUT2D eigenvalue weighted by atomic mass is 19.1. The second-order valence-corrected chi connectivity index (χ2v) is 1.90. The predicted octanol–water partition coefficient (Wildman–Crippen LogP) is 1.06. The average molecular weight is 152 g/mol. The minimum Gasteiger partial charge on any atom is -0.228 e. The van der Waals surface area contributed by atoms with Gasteiger partial charge in [0, 0.05) is 6.20 Å². The van der Waals surface area contributed by atoms with Crippen molar-refractivity contribution in [3.63, 3.8) is 0 Å². The van der Waals surface area contributed by atoms with Crippen LogP contribution in [-0.4, -0.2) is 11.1 Å². The Morgan fingerprint density at radius 3 is 3.00 bits per heavy atom. The Labute approximate surface area is 62.6 Å². The van der Waals surface area contributed by atoms with Crippen molar-refractivity contribution in [1.29, 1.82) is 0 Å². The van der Waals surface area contributed by atoms with E-state index in [2.05, 4.69) is 9.98 Å². The molecule has 0 spiro atoms. The van der Waals surface area contributed by atoms with Crippen LogP contribution in [0.2, 0.25) is 0 Å². The van der Waals surface area contributed by atoms with Gasteiger partial charge in [-0.1, -0.05) is 6.07 Å². The van der Waals surface area contributed by atoms with Crippen LogP contribution in [0.3, 0.4) is 0 Å². The molecular weight excluding hydrogens is 147 g/mol. The summed E-state index contributed by atoms with van der Waals surface area (Å²) in [6.07, 6.45) is 2.71. The summed E-state index contributed by atoms with van der Waals surface area (Å²) in [6.45, 7) is 0.205. The van der Waals surface area contributed by atoms with Crippen molar-refractivity contribution in [2.45, 2.75) is 6.54 Å². The molecule has 0 fully saturated rings. The molecule has 0 aliphatic heterocycles. The number of nitrogens with zero attached hydrogens (tertiary/aromatic N) is 2. The topological polar surface area (TPSA) is 42.3 Å². The highest BCUT2D eigenvalue weighted by Crippen LogP contribution is 1.99. The third-order valence-electron chi connectivity index (χ3n) is 1.11. The van der Waals surface area contributed by atoms with Gasteiger partial charge < -0.3 is 0 Å². The van der Waals surface area contributed by atoms with Crippen molar-refractivity contribution in [3.05, 3.63) is 29.8 Å². The number of carbonyl (C=O) groups excluding carboxylic acids is 1. The Morgan fingerprint density at radius 1 is 1.64 bits per heavy atom. The highest BCUT2D eigenvalue weighted by Gasteiger charge is 1.91. The molecule has 1 aromatic rings. The van der Waals surface area contributed by atoms with Gasteiger partial charge in [0.1, 0.15) is 0 Å². The molecule has 1 aromatic heterocycles. The van der Waals surface area contributed by atoms with E-state index >= 15 is 0 Å². The number of pyridine rings is 1. The van der Waals surface area contributed by atoms with Crippen molar-refractivity contribution in [2.75, 3.05) is 0 Å². The Kier molecular flexibility index (Phi) is 2.47. The van der Waals surface area contributed by atoms with Gasteiger partial charge in [-0.05, 0) is 11.6 Å². The van der Waals surface area contributed by atoms with E-state index in [0.717, 1.165) is 0 Å². The van der Waals surface area contributed by atoms with Gasteiger partial charge in [-0.2, -0.15) is 4.39 Å². The number of aromatic nitrogens is 1. The van der Waals surface area contributed by atoms with E-state index in [9.17, 15) is 9.18 Å². The summed E-state index contributed by atoms with van der Waals surface area (Å²) in [5, 5.41) is 0. The van der Waals surface area contributed by atoms with Gasteiger partial charge in [0.2, 0.25) is 12.0 Å². The first kappa shape index (κ1) is 7.57. The largest absolute Gasteiger partial charge is 0.235 e. The van der Waals surface area contributed by atoms with E-state index < -0.39 is 5.95 Å². The maximum atomic E-state index is 12.2. The first-order valence-electron chi connectivity index (χ1n) is 2.97. The minimum atomic E-state index is -0.538. The second-order valence-electron chi connectivity index (χ2n) is 1.90. The Balaban J connectivity index is 2.73. The summed E-state index contributed by atoms with van der Waals surface area (Å²) in [5.74, 6) is -0.538. The molecule has 4 heteroatoms. The van der Waals surface area contributed by atoms with Gasteiger partial charge in [-0.25, -0.2) is 14.8 Å². The molecule has 0 bridgehead atoms. The van der Waals surface area contributed by atoms with E-state index in [1.54, 1.807) is 0 Å². The van der Waals surface area contributed by atoms with Crippen molar-refractivity contribution < 1.29 is 9.18 Å². The van der Waals surface area contributed by atoms with E-state index in [4.69, 9.17) is 0 Å². The summed E-state index contributed by atoms with van der Waals surface area (Å²) in [6, 6.07) is 2.73. The average Bonchev–Trinajstić information content (AvgIpc) is 2.04. The first-order valence-corrected chi connectivity index (χ1v) is 2.97. The highest BCUT2D eigenvalue weighted by molar-refractivity contribution is 5.33. The zero-order valence-electron chi connectivity index (χ0n) is 5.62. The van der Waals surface area contributed by atoms with Gasteiger partial charge in [-0.15, -0.1) is 0 Å². The molecule has 1 heterocycles. The van der Waals surface area contributed by atoms with Crippen LogP contribution >= 0.6 is 0 Å². The van der Waals surface area contributed by atoms with Crippen molar-refractivity contribution in [2.24, 2.45) is 4.99 Å². The Bertz CT molecular complexity index is 277. The minimum absolute atomic E-state index is 0.205. The lowest BCUT2D eigenvalue weighted by Gasteiger charge is -1.91. The van der Waals surface area contributed by atoms with Crippen LogP contribution in [0.15, 0.2) is 23.3 Å². The number of halogens is 1. The Hall–Kier alpha value is -1.54. The molecule has 0 atom stereocenters. The van der Waals surface area contributed by atoms with Gasteiger partial charge in [0.25, 0.3) is 0 Å². The van der Waals surface area contributed by atoms with Crippen molar-refractivity contribution in [1.82, 2.24) is 4.98 Å². The molecule has 1 rings (SSSR count). The quantitative estimate of drug-likeness (QED) is 0.361. The monoisotopic (exact) mass is 152 g/mol. The molecule has 0 aromatic carbocycles. The summed E-state index contributed by atoms with van der Waals surface area (Å²) in [7, 11) is 0. The summed E-state index contributed by atoms with van der Waals surface area (Å²) in [5.41, 5.74) is 0.690. The van der Waals surface area contributed by atoms with Crippen LogP contribution in [-0.2, 0) is 11.3 Å². The van der Waals surface area contributed by atoms with E-state index in [0.29, 0.717) is 5.56 Å². The number of hydrogen-bond acceptors (Lipinski definition) is 3. The standard InChI is InChI=1S/C7H5FN2O/c8-7-2-1-6(4-10-7)3-9-5-11/h1-2,4H,3H2. The number of aliphatic imine (C=N–C) groups is 1. The van der Waals surface area contributed by atoms with Gasteiger partial charge in [0.15, 0.2) is 0 Å². The fourth-order valence-electron chi connectivity index (χ4n) is 0.624. The summed E-state index contributed by atoms with van der Waals surface area (Å²) < 4.78 is 12.2. The van der Waals surface area contributed by atoms with Crippen LogP contribution in [0.4, 0.5) is 4.39 Å². The van der Waals surface area contributed by atoms with E-state index in [1.807, 2.05) is 0 Å². The third-order valence-corrected chi connectivity index (χ3v) is 1.11. The van der Waals surface area contributed by atoms with E-state index in [-0.39, 0.29) is 6.54 Å². The molecule has 0 amide bonds. The molecule has 0 unspecified atom stereocenters. The van der Waals surface area contributed by atoms with Crippen molar-refractivity contribution >= 4 is 6.08 Å². The number of rotatable bonds is 2. The van der Waals surface area contributed by atoms with Gasteiger partial charge >= 0.3 is 0 Å². The molecule has 56 valence electrons. The zero-order valence-corrected chi connectivity index (χ0v) is 5.62. The number of hydrogen-bond donors (Lipinski definition) is 0. The molecule has 0 radical (unpaired) electrons. The van der Waals surface area contributed by atoms with Crippen LogP contribution < -0.4 is 0 Å². The molecule has 0 aliphatic rings. The molecular formula is C7H5FN2O. The van der Waals surface area contributed by atoms with Crippen LogP contribution in [0.1, 0.15) is 5.56 Å². The van der Waals surface area contributed by atoms with Crippen LogP contribution in [0.25, 0.3) is 0 Å². The van der Waals surface area contributed by atoms with Gasteiger partial charge in [-0.3, -0.25) is 0 Å². The lowest BCUT2D eigenvalue weighted by molar-refractivity contribution is 0.562. The van der Waals surface area contributed by atoms with E-state index in [1.165, 1.54) is 24.4 Å². The zero-order chi connectivity index (χ0) is 8.10. The maximum absolute atomic E-state index is 12.2. The smallest absolute Gasteiger partial charge is 0.228 e. The molecule has 0 saturated carbocycles. The third kappa shape index (κ3) is 2.27. The van der Waals surface area contributed by atoms with Crippen molar-refractivity contribution in [3.8, 4) is 0 Å². The van der Waals surface area contributed by atoms with Gasteiger partial charge in [0.05, 0.1) is 6.54 Å². The molecule has 0 aliphatic carbocycles. The molecule has 0 saturated heterocycles. The number of isocyanates is 1. The predicted molar refractivity (Wildman–Crippen MR) is 36.0 cm³/mol. The Morgan fingerprint density at radius 2 is 2.45 bits per heavy atom. The fraction of sp³-hybridized carbons (Fsp3) is 0.143. The summed E-state index contributed by atoms with van der Waals surface area (Å²) >= 11 is 0. The first-order chi connectivity index (χ1) is 5.33.